The second kappa shape index (κ2) is 5.87. The maximum absolute atomic E-state index is 12.1. The summed E-state index contributed by atoms with van der Waals surface area (Å²) < 4.78 is 5.12. The fourth-order valence-electron chi connectivity index (χ4n) is 1.52. The highest BCUT2D eigenvalue weighted by atomic mass is 16.5. The lowest BCUT2D eigenvalue weighted by molar-refractivity contribution is -0.135. The van der Waals surface area contributed by atoms with E-state index >= 15 is 0 Å². The van der Waals surface area contributed by atoms with Crippen molar-refractivity contribution in [2.45, 2.75) is 25.8 Å². The zero-order valence-electron chi connectivity index (χ0n) is 11.4. The van der Waals surface area contributed by atoms with Gasteiger partial charge in [-0.05, 0) is 31.5 Å². The Bertz CT molecular complexity index is 415. The molecule has 0 aliphatic carbocycles. The Morgan fingerprint density at radius 1 is 1.44 bits per heavy atom. The van der Waals surface area contributed by atoms with Crippen LogP contribution in [0.2, 0.25) is 0 Å². The van der Waals surface area contributed by atoms with Crippen molar-refractivity contribution in [2.24, 2.45) is 0 Å². The van der Waals surface area contributed by atoms with E-state index in [1.165, 1.54) is 0 Å². The number of amides is 1. The third-order valence-electron chi connectivity index (χ3n) is 3.16. The molecule has 4 nitrogen and oxygen atoms in total. The van der Waals surface area contributed by atoms with Crippen molar-refractivity contribution in [1.82, 2.24) is 4.90 Å². The van der Waals surface area contributed by atoms with Gasteiger partial charge in [-0.25, -0.2) is 0 Å². The summed E-state index contributed by atoms with van der Waals surface area (Å²) in [5.41, 5.74) is 0.357. The van der Waals surface area contributed by atoms with Gasteiger partial charge in [-0.3, -0.25) is 4.79 Å². The molecule has 0 spiro atoms. The number of nitrogens with zero attached hydrogens (tertiary/aromatic N) is 1. The highest BCUT2D eigenvalue weighted by Gasteiger charge is 2.26. The fourth-order valence-corrected chi connectivity index (χ4v) is 1.52. The van der Waals surface area contributed by atoms with Crippen LogP contribution < -0.4 is 4.74 Å². The molecule has 0 radical (unpaired) electrons. The molecule has 0 saturated heterocycles. The number of hydrogen-bond acceptors (Lipinski definition) is 3. The number of carbonyl (C=O) groups excluding carboxylic acids is 1. The highest BCUT2D eigenvalue weighted by molar-refractivity contribution is 5.79. The van der Waals surface area contributed by atoms with Crippen molar-refractivity contribution in [2.75, 3.05) is 20.8 Å². The molecule has 0 heterocycles. The first-order valence-electron chi connectivity index (χ1n) is 5.91. The number of likely N-dealkylation sites (N-methyl/N-ethyl adjacent to an activating group) is 1. The summed E-state index contributed by atoms with van der Waals surface area (Å²) in [4.78, 5) is 13.7. The first-order valence-corrected chi connectivity index (χ1v) is 5.91. The van der Waals surface area contributed by atoms with E-state index in [0.717, 1.165) is 11.3 Å². The van der Waals surface area contributed by atoms with Crippen LogP contribution >= 0.6 is 0 Å². The van der Waals surface area contributed by atoms with Crippen molar-refractivity contribution in [1.29, 1.82) is 0 Å². The van der Waals surface area contributed by atoms with Gasteiger partial charge in [-0.15, -0.1) is 0 Å². The largest absolute Gasteiger partial charge is 0.497 e. The Morgan fingerprint density at radius 3 is 2.67 bits per heavy atom. The van der Waals surface area contributed by atoms with Gasteiger partial charge in [0, 0.05) is 7.05 Å². The lowest BCUT2D eigenvalue weighted by atomic mass is 10.0. The highest BCUT2D eigenvalue weighted by Crippen LogP contribution is 2.16. The molecule has 1 rings (SSSR count). The smallest absolute Gasteiger partial charge is 0.227 e. The van der Waals surface area contributed by atoms with Gasteiger partial charge in [-0.1, -0.05) is 12.1 Å². The molecule has 1 amide bonds. The van der Waals surface area contributed by atoms with Gasteiger partial charge in [0.25, 0.3) is 0 Å². The second-order valence-corrected chi connectivity index (χ2v) is 4.95. The van der Waals surface area contributed by atoms with Gasteiger partial charge in [0.2, 0.25) is 5.91 Å². The molecule has 4 heteroatoms. The minimum atomic E-state index is -0.546. The lowest BCUT2D eigenvalue weighted by Gasteiger charge is -2.34. The molecule has 18 heavy (non-hydrogen) atoms. The Morgan fingerprint density at radius 2 is 2.11 bits per heavy atom. The van der Waals surface area contributed by atoms with E-state index in [9.17, 15) is 9.90 Å². The molecule has 0 aliphatic rings. The Hall–Kier alpha value is -1.55. The van der Waals surface area contributed by atoms with Crippen LogP contribution in [0, 0.1) is 0 Å². The van der Waals surface area contributed by atoms with Crippen LogP contribution in [0.1, 0.15) is 19.4 Å². The van der Waals surface area contributed by atoms with Crippen molar-refractivity contribution in [3.63, 3.8) is 0 Å². The zero-order valence-corrected chi connectivity index (χ0v) is 11.4. The van der Waals surface area contributed by atoms with Crippen LogP contribution in [0.4, 0.5) is 0 Å². The van der Waals surface area contributed by atoms with Gasteiger partial charge in [0.15, 0.2) is 0 Å². The number of aliphatic hydroxyl groups is 1. The number of hydrogen-bond donors (Lipinski definition) is 1. The normalized spacial score (nSPS) is 11.2. The summed E-state index contributed by atoms with van der Waals surface area (Å²) in [5, 5.41) is 9.25. The van der Waals surface area contributed by atoms with Gasteiger partial charge in [0.05, 0.1) is 25.7 Å². The topological polar surface area (TPSA) is 49.8 Å². The maximum atomic E-state index is 12.1. The Kier molecular flexibility index (Phi) is 4.73. The lowest BCUT2D eigenvalue weighted by Crippen LogP contribution is -2.48. The number of ether oxygens (including phenoxy) is 1. The number of benzene rings is 1. The molecule has 0 unspecified atom stereocenters. The molecule has 0 saturated carbocycles. The van der Waals surface area contributed by atoms with E-state index in [1.54, 1.807) is 19.1 Å². The molecule has 100 valence electrons. The molecule has 1 N–H and O–H groups in total. The molecule has 0 aliphatic heterocycles. The average molecular weight is 251 g/mol. The molecule has 0 aromatic heterocycles. The molecule has 0 fully saturated rings. The summed E-state index contributed by atoms with van der Waals surface area (Å²) in [5.74, 6) is 0.715. The number of aliphatic hydroxyl groups excluding tert-OH is 1. The van der Waals surface area contributed by atoms with E-state index in [2.05, 4.69) is 0 Å². The third-order valence-corrected chi connectivity index (χ3v) is 3.16. The molecular formula is C14H21NO3. The monoisotopic (exact) mass is 251 g/mol. The molecular weight excluding hydrogens is 230 g/mol. The van der Waals surface area contributed by atoms with Crippen LogP contribution in [0.25, 0.3) is 0 Å². The standard InChI is InChI=1S/C14H21NO3/c1-14(2,10-16)15(3)13(17)9-11-6-5-7-12(8-11)18-4/h5-8,16H,9-10H2,1-4H3. The SMILES string of the molecule is COc1cccc(CC(=O)N(C)C(C)(C)CO)c1. The van der Waals surface area contributed by atoms with E-state index in [-0.39, 0.29) is 12.5 Å². The Labute approximate surface area is 108 Å². The summed E-state index contributed by atoms with van der Waals surface area (Å²) in [6.07, 6.45) is 0.303. The van der Waals surface area contributed by atoms with Crippen LogP contribution in [0.15, 0.2) is 24.3 Å². The number of rotatable bonds is 5. The molecule has 1 aromatic carbocycles. The molecule has 0 bridgehead atoms. The predicted octanol–water partition coefficient (Wildman–Crippen LogP) is 1.47. The summed E-state index contributed by atoms with van der Waals surface area (Å²) in [6, 6.07) is 7.44. The molecule has 1 aromatic rings. The second-order valence-electron chi connectivity index (χ2n) is 4.95. The van der Waals surface area contributed by atoms with Gasteiger partial charge < -0.3 is 14.7 Å². The van der Waals surface area contributed by atoms with E-state index in [0.29, 0.717) is 6.42 Å². The minimum absolute atomic E-state index is 0.0256. The summed E-state index contributed by atoms with van der Waals surface area (Å²) in [7, 11) is 3.31. The van der Waals surface area contributed by atoms with Crippen molar-refractivity contribution < 1.29 is 14.6 Å². The van der Waals surface area contributed by atoms with E-state index in [4.69, 9.17) is 4.74 Å². The van der Waals surface area contributed by atoms with Gasteiger partial charge in [-0.2, -0.15) is 0 Å². The fraction of sp³-hybridized carbons (Fsp3) is 0.500. The number of methoxy groups -OCH3 is 1. The average Bonchev–Trinajstić information content (AvgIpc) is 2.37. The summed E-state index contributed by atoms with van der Waals surface area (Å²) >= 11 is 0. The van der Waals surface area contributed by atoms with E-state index < -0.39 is 5.54 Å². The first kappa shape index (κ1) is 14.5. The zero-order chi connectivity index (χ0) is 13.8. The van der Waals surface area contributed by atoms with Crippen LogP contribution in [-0.4, -0.2) is 42.2 Å². The van der Waals surface area contributed by atoms with Crippen LogP contribution in [-0.2, 0) is 11.2 Å². The van der Waals surface area contributed by atoms with Crippen LogP contribution in [0.3, 0.4) is 0 Å². The minimum Gasteiger partial charge on any atom is -0.497 e. The van der Waals surface area contributed by atoms with Crippen molar-refractivity contribution >= 4 is 5.91 Å². The number of carbonyl (C=O) groups is 1. The predicted molar refractivity (Wildman–Crippen MR) is 70.6 cm³/mol. The van der Waals surface area contributed by atoms with Crippen molar-refractivity contribution in [3.8, 4) is 5.75 Å². The maximum Gasteiger partial charge on any atom is 0.227 e. The van der Waals surface area contributed by atoms with Crippen molar-refractivity contribution in [3.05, 3.63) is 29.8 Å². The van der Waals surface area contributed by atoms with Crippen LogP contribution in [0.5, 0.6) is 5.75 Å². The first-order chi connectivity index (χ1) is 8.40. The Balaban J connectivity index is 2.75. The van der Waals surface area contributed by atoms with E-state index in [1.807, 2.05) is 38.1 Å². The molecule has 0 atom stereocenters. The summed E-state index contributed by atoms with van der Waals surface area (Å²) in [6.45, 7) is 3.60. The van der Waals surface area contributed by atoms with Gasteiger partial charge in [0.1, 0.15) is 5.75 Å². The van der Waals surface area contributed by atoms with Gasteiger partial charge >= 0.3 is 0 Å². The third kappa shape index (κ3) is 3.47. The quantitative estimate of drug-likeness (QED) is 0.862.